The minimum absolute atomic E-state index is 0.0401. The van der Waals surface area contributed by atoms with Gasteiger partial charge in [0.25, 0.3) is 0 Å². The number of benzene rings is 1. The molecule has 3 rings (SSSR count). The summed E-state index contributed by atoms with van der Waals surface area (Å²) in [6.07, 6.45) is 5.69. The first-order valence-electron chi connectivity index (χ1n) is 9.14. The number of hydrogen-bond donors (Lipinski definition) is 2. The van der Waals surface area contributed by atoms with Gasteiger partial charge in [-0.15, -0.1) is 11.8 Å². The van der Waals surface area contributed by atoms with E-state index >= 15 is 0 Å². The Balaban J connectivity index is 1.37. The summed E-state index contributed by atoms with van der Waals surface area (Å²) in [5, 5.41) is 5.52. The standard InChI is InChI=1S/C19H24N6O2S/c1-28-16-5-2-4-15(14-16)23-19(27)22-9-6-17(26)24-10-12-25(13-11-24)18-20-7-3-8-21-18/h2-5,7-8,14H,6,9-13H2,1H3,(H2,22,23,27). The predicted octanol–water partition coefficient (Wildman–Crippen LogP) is 2.06. The summed E-state index contributed by atoms with van der Waals surface area (Å²) in [6.45, 7) is 2.97. The van der Waals surface area contributed by atoms with E-state index < -0.39 is 0 Å². The molecule has 0 saturated carbocycles. The minimum Gasteiger partial charge on any atom is -0.339 e. The predicted molar refractivity (Wildman–Crippen MR) is 111 cm³/mol. The summed E-state index contributed by atoms with van der Waals surface area (Å²) < 4.78 is 0. The first-order valence-corrected chi connectivity index (χ1v) is 10.4. The number of nitrogens with zero attached hydrogens (tertiary/aromatic N) is 4. The number of piperazine rings is 1. The maximum atomic E-state index is 12.4. The Morgan fingerprint density at radius 1 is 1.11 bits per heavy atom. The molecule has 2 aromatic rings. The van der Waals surface area contributed by atoms with Gasteiger partial charge < -0.3 is 20.4 Å². The van der Waals surface area contributed by atoms with Crippen molar-refractivity contribution in [3.05, 3.63) is 42.7 Å². The highest BCUT2D eigenvalue weighted by Gasteiger charge is 2.22. The Morgan fingerprint density at radius 2 is 1.86 bits per heavy atom. The molecule has 0 bridgehead atoms. The smallest absolute Gasteiger partial charge is 0.319 e. The van der Waals surface area contributed by atoms with E-state index in [9.17, 15) is 9.59 Å². The van der Waals surface area contributed by atoms with Crippen molar-refractivity contribution in [2.75, 3.05) is 49.2 Å². The van der Waals surface area contributed by atoms with E-state index in [1.54, 1.807) is 30.2 Å². The van der Waals surface area contributed by atoms with Crippen LogP contribution in [0.25, 0.3) is 0 Å². The monoisotopic (exact) mass is 400 g/mol. The van der Waals surface area contributed by atoms with Gasteiger partial charge in [-0.1, -0.05) is 6.07 Å². The molecule has 1 aromatic heterocycles. The third kappa shape index (κ3) is 5.59. The molecule has 28 heavy (non-hydrogen) atoms. The van der Waals surface area contributed by atoms with Gasteiger partial charge in [-0.25, -0.2) is 14.8 Å². The molecule has 1 fully saturated rings. The van der Waals surface area contributed by atoms with Crippen LogP contribution in [0.4, 0.5) is 16.4 Å². The summed E-state index contributed by atoms with van der Waals surface area (Å²) in [4.78, 5) is 37.8. The Morgan fingerprint density at radius 3 is 2.57 bits per heavy atom. The van der Waals surface area contributed by atoms with Crippen LogP contribution in [0.3, 0.4) is 0 Å². The van der Waals surface area contributed by atoms with E-state index in [4.69, 9.17) is 0 Å². The lowest BCUT2D eigenvalue weighted by atomic mass is 10.3. The van der Waals surface area contributed by atoms with Gasteiger partial charge in [-0.2, -0.15) is 0 Å². The van der Waals surface area contributed by atoms with Crippen molar-refractivity contribution in [3.8, 4) is 0 Å². The van der Waals surface area contributed by atoms with Crippen LogP contribution in [-0.2, 0) is 4.79 Å². The Hall–Kier alpha value is -2.81. The molecule has 0 atom stereocenters. The van der Waals surface area contributed by atoms with E-state index in [2.05, 4.69) is 25.5 Å². The molecular formula is C19H24N6O2S. The number of thioether (sulfide) groups is 1. The number of rotatable bonds is 6. The molecule has 1 aliphatic heterocycles. The summed E-state index contributed by atoms with van der Waals surface area (Å²) in [7, 11) is 0. The Kier molecular flexibility index (Phi) is 7.07. The van der Waals surface area contributed by atoms with Gasteiger partial charge in [0.05, 0.1) is 0 Å². The normalized spacial score (nSPS) is 13.9. The fraction of sp³-hybridized carbons (Fsp3) is 0.368. The second kappa shape index (κ2) is 9.93. The summed E-state index contributed by atoms with van der Waals surface area (Å²) in [6, 6.07) is 9.09. The molecule has 8 nitrogen and oxygen atoms in total. The lowest BCUT2D eigenvalue weighted by molar-refractivity contribution is -0.131. The van der Waals surface area contributed by atoms with E-state index in [-0.39, 0.29) is 18.4 Å². The van der Waals surface area contributed by atoms with Gasteiger partial charge in [0.2, 0.25) is 11.9 Å². The number of amides is 3. The zero-order valence-corrected chi connectivity index (χ0v) is 16.6. The van der Waals surface area contributed by atoms with E-state index in [1.807, 2.05) is 35.4 Å². The van der Waals surface area contributed by atoms with Crippen LogP contribution in [0.15, 0.2) is 47.6 Å². The van der Waals surface area contributed by atoms with Gasteiger partial charge in [-0.05, 0) is 30.5 Å². The average molecular weight is 401 g/mol. The minimum atomic E-state index is -0.308. The van der Waals surface area contributed by atoms with Crippen LogP contribution < -0.4 is 15.5 Å². The van der Waals surface area contributed by atoms with Gasteiger partial charge in [0, 0.05) is 62.1 Å². The molecule has 3 amide bonds. The van der Waals surface area contributed by atoms with Crippen molar-refractivity contribution in [1.29, 1.82) is 0 Å². The highest BCUT2D eigenvalue weighted by atomic mass is 32.2. The van der Waals surface area contributed by atoms with Crippen LogP contribution >= 0.6 is 11.8 Å². The van der Waals surface area contributed by atoms with Crippen LogP contribution in [-0.4, -0.2) is 65.8 Å². The highest BCUT2D eigenvalue weighted by molar-refractivity contribution is 7.98. The first kappa shape index (κ1) is 19.9. The number of carbonyl (C=O) groups excluding carboxylic acids is 2. The highest BCUT2D eigenvalue weighted by Crippen LogP contribution is 2.18. The van der Waals surface area contributed by atoms with Crippen molar-refractivity contribution in [2.45, 2.75) is 11.3 Å². The number of nitrogens with one attached hydrogen (secondary N) is 2. The number of carbonyl (C=O) groups is 2. The molecule has 1 saturated heterocycles. The Bertz CT molecular complexity index is 796. The van der Waals surface area contributed by atoms with Crippen LogP contribution in [0.5, 0.6) is 0 Å². The van der Waals surface area contributed by atoms with Gasteiger partial charge in [-0.3, -0.25) is 4.79 Å². The summed E-state index contributed by atoms with van der Waals surface area (Å²) in [5.41, 5.74) is 0.731. The fourth-order valence-electron chi connectivity index (χ4n) is 2.93. The first-order chi connectivity index (χ1) is 13.7. The van der Waals surface area contributed by atoms with Gasteiger partial charge in [0.15, 0.2) is 0 Å². The van der Waals surface area contributed by atoms with Crippen molar-refractivity contribution in [2.24, 2.45) is 0 Å². The zero-order valence-electron chi connectivity index (χ0n) is 15.8. The summed E-state index contributed by atoms with van der Waals surface area (Å²) >= 11 is 1.61. The van der Waals surface area contributed by atoms with Crippen molar-refractivity contribution >= 4 is 35.3 Å². The Labute approximate surface area is 168 Å². The van der Waals surface area contributed by atoms with Crippen molar-refractivity contribution in [3.63, 3.8) is 0 Å². The van der Waals surface area contributed by atoms with Gasteiger partial charge in [0.1, 0.15) is 0 Å². The number of urea groups is 1. The van der Waals surface area contributed by atoms with E-state index in [0.717, 1.165) is 10.6 Å². The topological polar surface area (TPSA) is 90.5 Å². The van der Waals surface area contributed by atoms with E-state index in [1.165, 1.54) is 0 Å². The molecule has 9 heteroatoms. The van der Waals surface area contributed by atoms with Crippen molar-refractivity contribution < 1.29 is 9.59 Å². The SMILES string of the molecule is CSc1cccc(NC(=O)NCCC(=O)N2CCN(c3ncccn3)CC2)c1. The molecule has 2 N–H and O–H groups in total. The van der Waals surface area contributed by atoms with Crippen LogP contribution in [0, 0.1) is 0 Å². The quantitative estimate of drug-likeness (QED) is 0.722. The molecule has 2 heterocycles. The molecule has 0 radical (unpaired) electrons. The lowest BCUT2D eigenvalue weighted by Gasteiger charge is -2.34. The third-order valence-electron chi connectivity index (χ3n) is 4.42. The molecule has 0 spiro atoms. The molecule has 0 unspecified atom stereocenters. The fourth-order valence-corrected chi connectivity index (χ4v) is 3.39. The lowest BCUT2D eigenvalue weighted by Crippen LogP contribution is -2.49. The second-order valence-corrected chi connectivity index (χ2v) is 7.16. The largest absolute Gasteiger partial charge is 0.339 e. The van der Waals surface area contributed by atoms with Crippen LogP contribution in [0.1, 0.15) is 6.42 Å². The van der Waals surface area contributed by atoms with Crippen LogP contribution in [0.2, 0.25) is 0 Å². The maximum absolute atomic E-state index is 12.4. The second-order valence-electron chi connectivity index (χ2n) is 6.28. The molecule has 0 aliphatic carbocycles. The maximum Gasteiger partial charge on any atom is 0.319 e. The van der Waals surface area contributed by atoms with E-state index in [0.29, 0.717) is 38.7 Å². The molecule has 1 aliphatic rings. The number of aromatic nitrogens is 2. The summed E-state index contributed by atoms with van der Waals surface area (Å²) in [5.74, 6) is 0.733. The molecular weight excluding hydrogens is 376 g/mol. The molecule has 148 valence electrons. The number of hydrogen-bond acceptors (Lipinski definition) is 6. The molecule has 1 aromatic carbocycles. The number of anilines is 2. The third-order valence-corrected chi connectivity index (χ3v) is 5.14. The zero-order chi connectivity index (χ0) is 19.8. The average Bonchev–Trinajstić information content (AvgIpc) is 2.74. The van der Waals surface area contributed by atoms with Gasteiger partial charge >= 0.3 is 6.03 Å². The van der Waals surface area contributed by atoms with Crippen molar-refractivity contribution in [1.82, 2.24) is 20.2 Å².